The monoisotopic (exact) mass is 376 g/mol. The number of sulfonamides is 1. The summed E-state index contributed by atoms with van der Waals surface area (Å²) in [5, 5.41) is 11.1. The van der Waals surface area contributed by atoms with Crippen molar-refractivity contribution < 1.29 is 31.2 Å². The number of benzene rings is 2. The topological polar surface area (TPSA) is 98.5 Å². The molecule has 0 saturated carbocycles. The Labute approximate surface area is 140 Å². The van der Waals surface area contributed by atoms with Crippen LogP contribution in [0.15, 0.2) is 47.4 Å². The molecule has 25 heavy (non-hydrogen) atoms. The Morgan fingerprint density at radius 3 is 2.40 bits per heavy atom. The highest BCUT2D eigenvalue weighted by molar-refractivity contribution is 7.92. The van der Waals surface area contributed by atoms with Gasteiger partial charge < -0.3 is 4.74 Å². The molecule has 0 heterocycles. The summed E-state index contributed by atoms with van der Waals surface area (Å²) in [7, 11) is -3.25. The van der Waals surface area contributed by atoms with Crippen molar-refractivity contribution in [3.05, 3.63) is 58.1 Å². The Morgan fingerprint density at radius 1 is 1.16 bits per heavy atom. The van der Waals surface area contributed by atoms with E-state index in [0.29, 0.717) is 6.07 Å². The summed E-state index contributed by atoms with van der Waals surface area (Å²) in [6.45, 7) is 0. The minimum atomic E-state index is -4.66. The molecule has 0 aromatic heterocycles. The maximum Gasteiger partial charge on any atom is 0.416 e. The Kier molecular flexibility index (Phi) is 4.88. The number of methoxy groups -OCH3 is 1. The summed E-state index contributed by atoms with van der Waals surface area (Å²) in [6.07, 6.45) is -4.66. The van der Waals surface area contributed by atoms with Crippen molar-refractivity contribution in [3.63, 3.8) is 0 Å². The number of halogens is 3. The van der Waals surface area contributed by atoms with Crippen molar-refractivity contribution in [2.24, 2.45) is 0 Å². The molecule has 134 valence electrons. The molecule has 7 nitrogen and oxygen atoms in total. The van der Waals surface area contributed by atoms with Gasteiger partial charge in [0.05, 0.1) is 23.7 Å². The van der Waals surface area contributed by atoms with E-state index in [9.17, 15) is 31.7 Å². The number of ether oxygens (including phenoxy) is 1. The van der Waals surface area contributed by atoms with Gasteiger partial charge in [0.25, 0.3) is 15.7 Å². The van der Waals surface area contributed by atoms with Crippen LogP contribution in [0.4, 0.5) is 24.5 Å². The van der Waals surface area contributed by atoms with Crippen molar-refractivity contribution in [2.45, 2.75) is 11.1 Å². The molecule has 0 aliphatic carbocycles. The van der Waals surface area contributed by atoms with E-state index in [2.05, 4.69) is 0 Å². The van der Waals surface area contributed by atoms with Gasteiger partial charge >= 0.3 is 6.18 Å². The Balaban J connectivity index is 2.45. The van der Waals surface area contributed by atoms with Crippen molar-refractivity contribution >= 4 is 21.4 Å². The van der Waals surface area contributed by atoms with Crippen LogP contribution in [0.5, 0.6) is 5.75 Å². The van der Waals surface area contributed by atoms with Crippen LogP contribution >= 0.6 is 0 Å². The van der Waals surface area contributed by atoms with Gasteiger partial charge in [0, 0.05) is 5.69 Å². The maximum absolute atomic E-state index is 12.7. The number of nitrogens with zero attached hydrogens (tertiary/aromatic N) is 1. The molecule has 0 bridgehead atoms. The molecule has 0 atom stereocenters. The van der Waals surface area contributed by atoms with Crippen LogP contribution in [-0.4, -0.2) is 20.5 Å². The first-order chi connectivity index (χ1) is 11.5. The lowest BCUT2D eigenvalue weighted by Gasteiger charge is -2.12. The summed E-state index contributed by atoms with van der Waals surface area (Å²) in [5.74, 6) is 0.0599. The first-order valence-corrected chi connectivity index (χ1v) is 8.05. The molecule has 0 fully saturated rings. The van der Waals surface area contributed by atoms with Gasteiger partial charge in [-0.2, -0.15) is 13.2 Å². The highest BCUT2D eigenvalue weighted by Gasteiger charge is 2.31. The van der Waals surface area contributed by atoms with Gasteiger partial charge in [-0.1, -0.05) is 6.07 Å². The first-order valence-electron chi connectivity index (χ1n) is 6.57. The van der Waals surface area contributed by atoms with E-state index in [1.807, 2.05) is 4.72 Å². The predicted molar refractivity (Wildman–Crippen MR) is 81.9 cm³/mol. The summed E-state index contributed by atoms with van der Waals surface area (Å²) in [6, 6.07) is 6.51. The normalized spacial score (nSPS) is 11.8. The summed E-state index contributed by atoms with van der Waals surface area (Å²) in [5.41, 5.74) is -2.20. The molecule has 0 spiro atoms. The molecular weight excluding hydrogens is 365 g/mol. The molecule has 2 rings (SSSR count). The zero-order chi connectivity index (χ0) is 18.8. The van der Waals surface area contributed by atoms with E-state index in [1.165, 1.54) is 13.2 Å². The fourth-order valence-corrected chi connectivity index (χ4v) is 3.17. The van der Waals surface area contributed by atoms with E-state index in [0.717, 1.165) is 30.3 Å². The van der Waals surface area contributed by atoms with Gasteiger partial charge in [-0.05, 0) is 30.3 Å². The van der Waals surface area contributed by atoms with Crippen molar-refractivity contribution in [2.75, 3.05) is 11.8 Å². The van der Waals surface area contributed by atoms with Crippen LogP contribution in [0.2, 0.25) is 0 Å². The zero-order valence-corrected chi connectivity index (χ0v) is 13.4. The third-order valence-corrected chi connectivity index (χ3v) is 4.52. The molecule has 0 saturated heterocycles. The third-order valence-electron chi connectivity index (χ3n) is 3.09. The van der Waals surface area contributed by atoms with Gasteiger partial charge in [-0.25, -0.2) is 8.42 Å². The molecular formula is C14H11F3N2O5S. The van der Waals surface area contributed by atoms with Crippen LogP contribution in [0.25, 0.3) is 0 Å². The minimum Gasteiger partial charge on any atom is -0.497 e. The number of nitro benzene ring substituents is 1. The molecule has 1 N–H and O–H groups in total. The van der Waals surface area contributed by atoms with E-state index in [4.69, 9.17) is 4.74 Å². The fraction of sp³-hybridized carbons (Fsp3) is 0.143. The number of anilines is 1. The minimum absolute atomic E-state index is 0.0599. The number of rotatable bonds is 5. The molecule has 0 aliphatic heterocycles. The first kappa shape index (κ1) is 18.5. The lowest BCUT2D eigenvalue weighted by atomic mass is 10.2. The second-order valence-electron chi connectivity index (χ2n) is 4.77. The summed E-state index contributed by atoms with van der Waals surface area (Å²) in [4.78, 5) is 9.46. The molecule has 11 heteroatoms. The summed E-state index contributed by atoms with van der Waals surface area (Å²) >= 11 is 0. The fourth-order valence-electron chi connectivity index (χ4n) is 1.96. The smallest absolute Gasteiger partial charge is 0.416 e. The molecule has 0 aliphatic rings. The van der Waals surface area contributed by atoms with Crippen LogP contribution in [0.3, 0.4) is 0 Å². The lowest BCUT2D eigenvalue weighted by Crippen LogP contribution is -2.15. The van der Waals surface area contributed by atoms with E-state index < -0.39 is 37.3 Å². The second-order valence-corrected chi connectivity index (χ2v) is 6.43. The predicted octanol–water partition coefficient (Wildman–Crippen LogP) is 3.42. The van der Waals surface area contributed by atoms with Crippen LogP contribution in [0, 0.1) is 10.1 Å². The Bertz CT molecular complexity index is 913. The quantitative estimate of drug-likeness (QED) is 0.637. The highest BCUT2D eigenvalue weighted by Crippen LogP contribution is 2.33. The van der Waals surface area contributed by atoms with E-state index in [1.54, 1.807) is 0 Å². The standard InChI is InChI=1S/C14H11F3N2O5S/c1-24-11-5-6-13(12(8-11)19(20)21)25(22,23)18-10-4-2-3-9(7-10)14(15,16)17/h2-8,18H,1H3. The number of nitro groups is 1. The summed E-state index contributed by atoms with van der Waals surface area (Å²) < 4.78 is 69.5. The molecule has 2 aromatic rings. The van der Waals surface area contributed by atoms with Gasteiger partial charge in [0.1, 0.15) is 5.75 Å². The average Bonchev–Trinajstić information content (AvgIpc) is 2.53. The number of hydrogen-bond donors (Lipinski definition) is 1. The van der Waals surface area contributed by atoms with Crippen LogP contribution in [0.1, 0.15) is 5.56 Å². The Hall–Kier alpha value is -2.82. The zero-order valence-electron chi connectivity index (χ0n) is 12.6. The molecule has 2 aromatic carbocycles. The maximum atomic E-state index is 12.7. The Morgan fingerprint density at radius 2 is 1.84 bits per heavy atom. The van der Waals surface area contributed by atoms with Gasteiger partial charge in [-0.15, -0.1) is 0 Å². The molecule has 0 amide bonds. The number of alkyl halides is 3. The van der Waals surface area contributed by atoms with Crippen LogP contribution < -0.4 is 9.46 Å². The van der Waals surface area contributed by atoms with Crippen LogP contribution in [-0.2, 0) is 16.2 Å². The van der Waals surface area contributed by atoms with Crippen molar-refractivity contribution in [3.8, 4) is 5.75 Å². The third kappa shape index (κ3) is 4.18. The SMILES string of the molecule is COc1ccc(S(=O)(=O)Nc2cccc(C(F)(F)F)c2)c([N+](=O)[O-])c1. The van der Waals surface area contributed by atoms with Crippen molar-refractivity contribution in [1.29, 1.82) is 0 Å². The number of nitrogens with one attached hydrogen (secondary N) is 1. The van der Waals surface area contributed by atoms with Gasteiger partial charge in [-0.3, -0.25) is 14.8 Å². The van der Waals surface area contributed by atoms with Crippen molar-refractivity contribution in [1.82, 2.24) is 0 Å². The average molecular weight is 376 g/mol. The lowest BCUT2D eigenvalue weighted by molar-refractivity contribution is -0.387. The van der Waals surface area contributed by atoms with Gasteiger partial charge in [0.2, 0.25) is 0 Å². The molecule has 0 radical (unpaired) electrons. The van der Waals surface area contributed by atoms with Gasteiger partial charge in [0.15, 0.2) is 4.90 Å². The number of hydrogen-bond acceptors (Lipinski definition) is 5. The second kappa shape index (κ2) is 6.59. The molecule has 0 unspecified atom stereocenters. The van der Waals surface area contributed by atoms with E-state index in [-0.39, 0.29) is 11.4 Å². The highest BCUT2D eigenvalue weighted by atomic mass is 32.2. The van der Waals surface area contributed by atoms with E-state index >= 15 is 0 Å². The largest absolute Gasteiger partial charge is 0.497 e.